The van der Waals surface area contributed by atoms with Gasteiger partial charge in [-0.3, -0.25) is 0 Å². The van der Waals surface area contributed by atoms with Crippen LogP contribution in [0.1, 0.15) is 0 Å². The van der Waals surface area contributed by atoms with Crippen molar-refractivity contribution in [2.45, 2.75) is 9.79 Å². The smallest absolute Gasteiger partial charge is 0.159 e. The van der Waals surface area contributed by atoms with E-state index in [2.05, 4.69) is 228 Å². The lowest BCUT2D eigenvalue weighted by atomic mass is 9.93. The standard InChI is InChI=1S/C60H36N2OS/c1-2-14-40-33-43(26-21-37(40)11-1)62-54-30-23-39-13-4-6-16-46(39)60(54)64-58-32-25-42(35-56(58)62)41-24-31-57-55(34-41)61(53-29-22-38-12-3-5-15-45(38)59(53)63-57)44-27-28-51-49-19-8-7-17-47(49)48-18-9-10-20-50(48)52(51)36-44/h1-36H. The molecule has 14 rings (SSSR count). The second-order valence-corrected chi connectivity index (χ2v) is 17.9. The normalized spacial score (nSPS) is 13.0. The fraction of sp³-hybridized carbons (Fsp3) is 0. The molecule has 0 fully saturated rings. The van der Waals surface area contributed by atoms with Gasteiger partial charge in [-0.1, -0.05) is 169 Å². The highest BCUT2D eigenvalue weighted by molar-refractivity contribution is 8.00. The predicted molar refractivity (Wildman–Crippen MR) is 270 cm³/mol. The molecule has 4 heteroatoms. The van der Waals surface area contributed by atoms with E-state index in [1.165, 1.54) is 69.3 Å². The molecule has 0 atom stereocenters. The van der Waals surface area contributed by atoms with Crippen molar-refractivity contribution in [3.8, 4) is 22.6 Å². The summed E-state index contributed by atoms with van der Waals surface area (Å²) in [6.45, 7) is 0. The number of nitrogens with zero attached hydrogens (tertiary/aromatic N) is 2. The number of ether oxygens (including phenoxy) is 1. The quantitative estimate of drug-likeness (QED) is 0.165. The van der Waals surface area contributed by atoms with Crippen molar-refractivity contribution >= 4 is 111 Å². The van der Waals surface area contributed by atoms with Crippen molar-refractivity contribution in [1.82, 2.24) is 0 Å². The highest BCUT2D eigenvalue weighted by Gasteiger charge is 2.30. The van der Waals surface area contributed by atoms with E-state index in [1.54, 1.807) is 0 Å². The maximum absolute atomic E-state index is 6.97. The van der Waals surface area contributed by atoms with Gasteiger partial charge in [-0.05, 0) is 131 Å². The second kappa shape index (κ2) is 13.7. The fourth-order valence-corrected chi connectivity index (χ4v) is 11.5. The van der Waals surface area contributed by atoms with Crippen LogP contribution in [0.3, 0.4) is 0 Å². The van der Waals surface area contributed by atoms with E-state index in [0.29, 0.717) is 0 Å². The number of rotatable bonds is 3. The zero-order valence-electron chi connectivity index (χ0n) is 34.5. The third-order valence-corrected chi connectivity index (χ3v) is 14.5. The van der Waals surface area contributed by atoms with Gasteiger partial charge in [0.1, 0.15) is 0 Å². The minimum absolute atomic E-state index is 0.822. The topological polar surface area (TPSA) is 15.7 Å². The highest BCUT2D eigenvalue weighted by Crippen LogP contribution is 2.57. The Hall–Kier alpha value is -8.05. The Bertz CT molecular complexity index is 3910. The molecule has 0 aliphatic carbocycles. The Morgan fingerprint density at radius 3 is 1.58 bits per heavy atom. The maximum atomic E-state index is 6.97. The minimum Gasteiger partial charge on any atom is -0.452 e. The first kappa shape index (κ1) is 35.5. The average molecular weight is 833 g/mol. The van der Waals surface area contributed by atoms with Crippen LogP contribution in [0.5, 0.6) is 11.5 Å². The molecule has 298 valence electrons. The lowest BCUT2D eigenvalue weighted by molar-refractivity contribution is 0.482. The molecule has 2 heterocycles. The monoisotopic (exact) mass is 832 g/mol. The molecule has 2 aliphatic rings. The average Bonchev–Trinajstić information content (AvgIpc) is 3.36. The molecule has 0 saturated heterocycles. The van der Waals surface area contributed by atoms with E-state index in [9.17, 15) is 0 Å². The lowest BCUT2D eigenvalue weighted by Gasteiger charge is -2.35. The van der Waals surface area contributed by atoms with Crippen LogP contribution in [0.15, 0.2) is 228 Å². The van der Waals surface area contributed by atoms with Crippen molar-refractivity contribution in [1.29, 1.82) is 0 Å². The van der Waals surface area contributed by atoms with E-state index < -0.39 is 0 Å². The molecule has 0 radical (unpaired) electrons. The summed E-state index contributed by atoms with van der Waals surface area (Å²) >= 11 is 1.86. The fourth-order valence-electron chi connectivity index (χ4n) is 10.3. The first-order valence-corrected chi connectivity index (χ1v) is 22.6. The first-order chi connectivity index (χ1) is 31.7. The Morgan fingerprint density at radius 1 is 0.312 bits per heavy atom. The zero-order valence-corrected chi connectivity index (χ0v) is 35.3. The van der Waals surface area contributed by atoms with Crippen LogP contribution in [0.2, 0.25) is 0 Å². The van der Waals surface area contributed by atoms with Gasteiger partial charge < -0.3 is 14.5 Å². The number of hydrogen-bond donors (Lipinski definition) is 0. The summed E-state index contributed by atoms with van der Waals surface area (Å²) in [7, 11) is 0. The van der Waals surface area contributed by atoms with E-state index in [-0.39, 0.29) is 0 Å². The third-order valence-electron chi connectivity index (χ3n) is 13.3. The Kier molecular flexibility index (Phi) is 7.62. The predicted octanol–water partition coefficient (Wildman–Crippen LogP) is 17.8. The molecule has 0 spiro atoms. The molecule has 0 bridgehead atoms. The first-order valence-electron chi connectivity index (χ1n) is 21.8. The van der Waals surface area contributed by atoms with E-state index in [1.807, 2.05) is 11.8 Å². The van der Waals surface area contributed by atoms with Crippen LogP contribution in [0.25, 0.3) is 75.8 Å². The molecule has 2 aliphatic heterocycles. The molecule has 3 nitrogen and oxygen atoms in total. The van der Waals surface area contributed by atoms with Crippen LogP contribution in [-0.2, 0) is 0 Å². The number of hydrogen-bond acceptors (Lipinski definition) is 4. The van der Waals surface area contributed by atoms with Crippen molar-refractivity contribution in [3.05, 3.63) is 218 Å². The summed E-state index contributed by atoms with van der Waals surface area (Å²) in [6, 6.07) is 79.9. The summed E-state index contributed by atoms with van der Waals surface area (Å²) in [5.74, 6) is 1.69. The van der Waals surface area contributed by atoms with Gasteiger partial charge in [-0.2, -0.15) is 0 Å². The second-order valence-electron chi connectivity index (χ2n) is 16.9. The molecule has 12 aromatic carbocycles. The van der Waals surface area contributed by atoms with Crippen molar-refractivity contribution in [2.75, 3.05) is 9.80 Å². The summed E-state index contributed by atoms with van der Waals surface area (Å²) in [5, 5.41) is 14.7. The molecule has 0 N–H and O–H groups in total. The number of fused-ring (bicyclic) bond motifs is 15. The Morgan fingerprint density at radius 2 is 0.828 bits per heavy atom. The molecular formula is C60H36N2OS. The largest absolute Gasteiger partial charge is 0.452 e. The van der Waals surface area contributed by atoms with Gasteiger partial charge in [0.15, 0.2) is 11.5 Å². The summed E-state index contributed by atoms with van der Waals surface area (Å²) in [6.07, 6.45) is 0. The summed E-state index contributed by atoms with van der Waals surface area (Å²) in [5.41, 5.74) is 8.84. The van der Waals surface area contributed by atoms with Gasteiger partial charge >= 0.3 is 0 Å². The Balaban J connectivity index is 0.962. The van der Waals surface area contributed by atoms with Crippen molar-refractivity contribution in [2.24, 2.45) is 0 Å². The van der Waals surface area contributed by atoms with Gasteiger partial charge in [0, 0.05) is 26.6 Å². The number of benzene rings is 12. The van der Waals surface area contributed by atoms with Gasteiger partial charge in [0.25, 0.3) is 0 Å². The highest BCUT2D eigenvalue weighted by atomic mass is 32.2. The molecule has 12 aromatic rings. The van der Waals surface area contributed by atoms with Crippen molar-refractivity contribution < 1.29 is 4.74 Å². The van der Waals surface area contributed by atoms with Crippen molar-refractivity contribution in [3.63, 3.8) is 0 Å². The summed E-state index contributed by atoms with van der Waals surface area (Å²) in [4.78, 5) is 7.36. The lowest BCUT2D eigenvalue weighted by Crippen LogP contribution is -2.16. The number of anilines is 6. The molecule has 0 unspecified atom stereocenters. The van der Waals surface area contributed by atoms with Gasteiger partial charge in [0.2, 0.25) is 0 Å². The zero-order chi connectivity index (χ0) is 41.9. The molecular weight excluding hydrogens is 797 g/mol. The molecule has 0 saturated carbocycles. The Labute approximate surface area is 374 Å². The van der Waals surface area contributed by atoms with Gasteiger partial charge in [-0.25, -0.2) is 0 Å². The van der Waals surface area contributed by atoms with Crippen LogP contribution < -0.4 is 14.5 Å². The van der Waals surface area contributed by atoms with Crippen LogP contribution in [0.4, 0.5) is 34.1 Å². The van der Waals surface area contributed by atoms with E-state index in [4.69, 9.17) is 4.74 Å². The molecule has 0 aromatic heterocycles. The van der Waals surface area contributed by atoms with E-state index >= 15 is 0 Å². The maximum Gasteiger partial charge on any atom is 0.159 e. The molecule has 64 heavy (non-hydrogen) atoms. The van der Waals surface area contributed by atoms with Crippen LogP contribution in [0, 0.1) is 0 Å². The third kappa shape index (κ3) is 5.30. The van der Waals surface area contributed by atoms with E-state index in [0.717, 1.165) is 61.8 Å². The minimum atomic E-state index is 0.822. The van der Waals surface area contributed by atoms with Crippen LogP contribution in [-0.4, -0.2) is 0 Å². The summed E-state index contributed by atoms with van der Waals surface area (Å²) < 4.78 is 6.97. The van der Waals surface area contributed by atoms with Crippen LogP contribution >= 0.6 is 11.8 Å². The SMILES string of the molecule is c1ccc2cc(N3c4cc(-c5ccc6c(c5)N(c5ccc7c8ccccc8c8ccccc8c7c5)c5ccc7ccccc7c5O6)ccc4Sc4c3ccc3ccccc43)ccc2c1. The van der Waals surface area contributed by atoms with Gasteiger partial charge in [0.05, 0.1) is 22.7 Å². The molecule has 0 amide bonds. The van der Waals surface area contributed by atoms with Gasteiger partial charge in [-0.15, -0.1) is 0 Å².